The Bertz CT molecular complexity index is 450. The van der Waals surface area contributed by atoms with Gasteiger partial charge in [0.1, 0.15) is 0 Å². The highest BCUT2D eigenvalue weighted by Gasteiger charge is 2.29. The third kappa shape index (κ3) is 2.72. The van der Waals surface area contributed by atoms with E-state index in [4.69, 9.17) is 23.2 Å². The van der Waals surface area contributed by atoms with Crippen molar-refractivity contribution < 1.29 is 0 Å². The highest BCUT2D eigenvalue weighted by molar-refractivity contribution is 6.32. The van der Waals surface area contributed by atoms with Crippen molar-refractivity contribution in [1.82, 2.24) is 4.90 Å². The number of hydrogen-bond acceptors (Lipinski definition) is 2. The Labute approximate surface area is 125 Å². The van der Waals surface area contributed by atoms with Gasteiger partial charge in [0, 0.05) is 41.9 Å². The predicted molar refractivity (Wildman–Crippen MR) is 82.4 cm³/mol. The van der Waals surface area contributed by atoms with Crippen LogP contribution in [0.4, 0.5) is 5.69 Å². The Kier molecular flexibility index (Phi) is 4.21. The summed E-state index contributed by atoms with van der Waals surface area (Å²) in [5, 5.41) is 0.792. The standard InChI is InChI=1S/C15H20Cl2N2/c16-10-13-14(17)5-1-6-15(13)19-9-3-8-18-7-2-4-12(18)11-19/h1,5-6,12H,2-4,7-11H2. The molecule has 4 heteroatoms. The van der Waals surface area contributed by atoms with Gasteiger partial charge in [-0.25, -0.2) is 0 Å². The van der Waals surface area contributed by atoms with Crippen LogP contribution >= 0.6 is 23.2 Å². The number of nitrogens with zero attached hydrogens (tertiary/aromatic N) is 2. The summed E-state index contributed by atoms with van der Waals surface area (Å²) in [5.41, 5.74) is 2.31. The van der Waals surface area contributed by atoms with Crippen LogP contribution in [0.25, 0.3) is 0 Å². The Morgan fingerprint density at radius 3 is 2.84 bits per heavy atom. The quantitative estimate of drug-likeness (QED) is 0.767. The summed E-state index contributed by atoms with van der Waals surface area (Å²) in [6.07, 6.45) is 3.90. The van der Waals surface area contributed by atoms with Crippen molar-refractivity contribution in [1.29, 1.82) is 0 Å². The molecule has 0 aliphatic carbocycles. The average molecular weight is 299 g/mol. The fourth-order valence-corrected chi connectivity index (χ4v) is 3.99. The van der Waals surface area contributed by atoms with Crippen LogP contribution < -0.4 is 4.90 Å². The summed E-state index contributed by atoms with van der Waals surface area (Å²) in [6, 6.07) is 6.84. The first-order chi connectivity index (χ1) is 9.29. The zero-order chi connectivity index (χ0) is 13.2. The summed E-state index contributed by atoms with van der Waals surface area (Å²) >= 11 is 12.4. The van der Waals surface area contributed by atoms with Crippen molar-refractivity contribution in [2.24, 2.45) is 0 Å². The Balaban J connectivity index is 1.87. The second-order valence-corrected chi connectivity index (χ2v) is 6.18. The SMILES string of the molecule is ClCc1c(Cl)cccc1N1CCCN2CCCC2C1. The normalized spacial score (nSPS) is 24.3. The molecule has 0 spiro atoms. The molecule has 19 heavy (non-hydrogen) atoms. The van der Waals surface area contributed by atoms with Crippen LogP contribution in [0, 0.1) is 0 Å². The summed E-state index contributed by atoms with van der Waals surface area (Å²) in [7, 11) is 0. The van der Waals surface area contributed by atoms with Crippen molar-refractivity contribution >= 4 is 28.9 Å². The van der Waals surface area contributed by atoms with Gasteiger partial charge in [-0.3, -0.25) is 4.90 Å². The van der Waals surface area contributed by atoms with E-state index in [0.29, 0.717) is 11.9 Å². The zero-order valence-electron chi connectivity index (χ0n) is 11.1. The Morgan fingerprint density at radius 2 is 2.00 bits per heavy atom. The molecule has 0 radical (unpaired) electrons. The molecule has 2 fully saturated rings. The smallest absolute Gasteiger partial charge is 0.0509 e. The molecule has 0 aromatic heterocycles. The molecule has 0 N–H and O–H groups in total. The number of anilines is 1. The lowest BCUT2D eigenvalue weighted by Crippen LogP contribution is -2.36. The van der Waals surface area contributed by atoms with Crippen LogP contribution in [0.5, 0.6) is 0 Å². The van der Waals surface area contributed by atoms with Crippen LogP contribution in [0.15, 0.2) is 18.2 Å². The van der Waals surface area contributed by atoms with E-state index in [1.54, 1.807) is 0 Å². The molecule has 2 saturated heterocycles. The predicted octanol–water partition coefficient (Wildman–Crippen LogP) is 3.75. The van der Waals surface area contributed by atoms with Gasteiger partial charge in [-0.2, -0.15) is 0 Å². The minimum absolute atomic E-state index is 0.486. The lowest BCUT2D eigenvalue weighted by Gasteiger charge is -2.29. The molecule has 0 saturated carbocycles. The molecule has 2 aliphatic heterocycles. The maximum absolute atomic E-state index is 6.28. The first-order valence-corrected chi connectivity index (χ1v) is 8.03. The second kappa shape index (κ2) is 5.90. The first kappa shape index (κ1) is 13.5. The summed E-state index contributed by atoms with van der Waals surface area (Å²) in [5.74, 6) is 0.486. The maximum Gasteiger partial charge on any atom is 0.0509 e. The van der Waals surface area contributed by atoms with Gasteiger partial charge >= 0.3 is 0 Å². The third-order valence-electron chi connectivity index (χ3n) is 4.37. The number of hydrogen-bond donors (Lipinski definition) is 0. The Hall–Kier alpha value is -0.440. The number of fused-ring (bicyclic) bond motifs is 1. The zero-order valence-corrected chi connectivity index (χ0v) is 12.6. The van der Waals surface area contributed by atoms with Gasteiger partial charge in [-0.1, -0.05) is 17.7 Å². The van der Waals surface area contributed by atoms with Gasteiger partial charge in [0.25, 0.3) is 0 Å². The molecule has 1 aromatic carbocycles. The summed E-state index contributed by atoms with van der Waals surface area (Å²) in [4.78, 5) is 5.13. The molecule has 2 aliphatic rings. The number of alkyl halides is 1. The van der Waals surface area contributed by atoms with Crippen molar-refractivity contribution in [3.8, 4) is 0 Å². The van der Waals surface area contributed by atoms with Crippen LogP contribution in [0.1, 0.15) is 24.8 Å². The minimum Gasteiger partial charge on any atom is -0.370 e. The molecular formula is C15H20Cl2N2. The number of benzene rings is 1. The molecule has 0 amide bonds. The van der Waals surface area contributed by atoms with Crippen molar-refractivity contribution in [2.75, 3.05) is 31.1 Å². The highest BCUT2D eigenvalue weighted by atomic mass is 35.5. The van der Waals surface area contributed by atoms with Crippen LogP contribution in [-0.2, 0) is 5.88 Å². The van der Waals surface area contributed by atoms with Gasteiger partial charge in [-0.15, -0.1) is 11.6 Å². The van der Waals surface area contributed by atoms with Crippen LogP contribution in [0.3, 0.4) is 0 Å². The van der Waals surface area contributed by atoms with Crippen molar-refractivity contribution in [3.63, 3.8) is 0 Å². The van der Waals surface area contributed by atoms with Crippen molar-refractivity contribution in [3.05, 3.63) is 28.8 Å². The molecule has 0 bridgehead atoms. The van der Waals surface area contributed by atoms with E-state index in [1.165, 1.54) is 38.0 Å². The summed E-state index contributed by atoms with van der Waals surface area (Å²) in [6.45, 7) is 4.73. The van der Waals surface area contributed by atoms with Gasteiger partial charge in [-0.05, 0) is 37.9 Å². The van der Waals surface area contributed by atoms with Gasteiger partial charge in [0.05, 0.1) is 5.88 Å². The van der Waals surface area contributed by atoms with E-state index in [9.17, 15) is 0 Å². The Morgan fingerprint density at radius 1 is 1.16 bits per heavy atom. The van der Waals surface area contributed by atoms with E-state index in [2.05, 4.69) is 15.9 Å². The maximum atomic E-state index is 6.28. The molecule has 2 heterocycles. The number of halogens is 2. The fourth-order valence-electron chi connectivity index (χ4n) is 3.40. The van der Waals surface area contributed by atoms with E-state index >= 15 is 0 Å². The molecular weight excluding hydrogens is 279 g/mol. The average Bonchev–Trinajstić information content (AvgIpc) is 2.76. The summed E-state index contributed by atoms with van der Waals surface area (Å²) < 4.78 is 0. The molecule has 104 valence electrons. The van der Waals surface area contributed by atoms with Crippen LogP contribution in [0.2, 0.25) is 5.02 Å². The lowest BCUT2D eigenvalue weighted by atomic mass is 10.1. The molecule has 1 aromatic rings. The van der Waals surface area contributed by atoms with E-state index in [1.807, 2.05) is 12.1 Å². The molecule has 1 unspecified atom stereocenters. The molecule has 3 rings (SSSR count). The number of rotatable bonds is 2. The van der Waals surface area contributed by atoms with Gasteiger partial charge < -0.3 is 4.90 Å². The first-order valence-electron chi connectivity index (χ1n) is 7.12. The van der Waals surface area contributed by atoms with E-state index < -0.39 is 0 Å². The topological polar surface area (TPSA) is 6.48 Å². The molecule has 2 nitrogen and oxygen atoms in total. The lowest BCUT2D eigenvalue weighted by molar-refractivity contribution is 0.273. The van der Waals surface area contributed by atoms with E-state index in [-0.39, 0.29) is 0 Å². The van der Waals surface area contributed by atoms with Crippen molar-refractivity contribution in [2.45, 2.75) is 31.2 Å². The minimum atomic E-state index is 0.486. The van der Waals surface area contributed by atoms with Crippen LogP contribution in [-0.4, -0.2) is 37.1 Å². The highest BCUT2D eigenvalue weighted by Crippen LogP contribution is 2.31. The second-order valence-electron chi connectivity index (χ2n) is 5.50. The largest absolute Gasteiger partial charge is 0.370 e. The van der Waals surface area contributed by atoms with Gasteiger partial charge in [0.15, 0.2) is 0 Å². The third-order valence-corrected chi connectivity index (χ3v) is 4.99. The molecule has 1 atom stereocenters. The van der Waals surface area contributed by atoms with E-state index in [0.717, 1.165) is 23.7 Å². The monoisotopic (exact) mass is 298 g/mol. The fraction of sp³-hybridized carbons (Fsp3) is 0.600. The van der Waals surface area contributed by atoms with Gasteiger partial charge in [0.2, 0.25) is 0 Å².